The molecule has 2 aliphatic heterocycles. The molecule has 0 aromatic rings. The van der Waals surface area contributed by atoms with Crippen molar-refractivity contribution in [2.24, 2.45) is 35.5 Å². The topological polar surface area (TPSA) is 35.5 Å². The van der Waals surface area contributed by atoms with Gasteiger partial charge in [0.2, 0.25) is 0 Å². The molecule has 3 nitrogen and oxygen atoms in total. The number of hydrogen-bond acceptors (Lipinski definition) is 3. The summed E-state index contributed by atoms with van der Waals surface area (Å²) >= 11 is 0. The maximum Gasteiger partial charge on any atom is 0.103 e. The molecule has 2 saturated heterocycles. The Morgan fingerprint density at radius 1 is 1.11 bits per heavy atom. The quantitative estimate of drug-likeness (QED) is 0.732. The molecular weight excluding hydrogens is 351 g/mol. The zero-order chi connectivity index (χ0) is 19.8. The van der Waals surface area contributed by atoms with Crippen molar-refractivity contribution in [1.29, 1.82) is 0 Å². The molecule has 4 fully saturated rings. The van der Waals surface area contributed by atoms with Gasteiger partial charge in [0.05, 0.1) is 12.3 Å². The van der Waals surface area contributed by atoms with E-state index in [1.165, 1.54) is 38.5 Å². The Morgan fingerprint density at radius 3 is 2.61 bits per heavy atom. The van der Waals surface area contributed by atoms with Crippen LogP contribution in [0.2, 0.25) is 0 Å². The second-order valence-electron chi connectivity index (χ2n) is 10.7. The maximum absolute atomic E-state index is 14.2. The number of nitrogens with zero attached hydrogens (tertiary/aromatic N) is 1. The van der Waals surface area contributed by atoms with Crippen molar-refractivity contribution < 1.29 is 9.50 Å². The molecule has 0 aromatic heterocycles. The number of nitrogens with one attached hydrogen (secondary N) is 1. The molecule has 10 unspecified atom stereocenters. The predicted octanol–water partition coefficient (Wildman–Crippen LogP) is 4.59. The van der Waals surface area contributed by atoms with Crippen LogP contribution in [0.4, 0.5) is 4.39 Å². The third kappa shape index (κ3) is 4.03. The molecule has 4 heteroatoms. The molecule has 2 saturated carbocycles. The smallest absolute Gasteiger partial charge is 0.103 e. The Labute approximate surface area is 171 Å². The Morgan fingerprint density at radius 2 is 1.89 bits per heavy atom. The Hall–Kier alpha value is -0.190. The van der Waals surface area contributed by atoms with Gasteiger partial charge in [-0.3, -0.25) is 4.90 Å². The van der Waals surface area contributed by atoms with E-state index < -0.39 is 6.17 Å². The molecular formula is C24H43FN2O. The van der Waals surface area contributed by atoms with E-state index in [1.807, 2.05) is 6.92 Å². The molecule has 0 amide bonds. The van der Waals surface area contributed by atoms with Crippen molar-refractivity contribution in [1.82, 2.24) is 10.2 Å². The third-order valence-electron chi connectivity index (χ3n) is 9.13. The van der Waals surface area contributed by atoms with Crippen LogP contribution in [0.3, 0.4) is 0 Å². The van der Waals surface area contributed by atoms with Gasteiger partial charge in [-0.05, 0) is 81.0 Å². The second-order valence-corrected chi connectivity index (χ2v) is 10.7. The van der Waals surface area contributed by atoms with Gasteiger partial charge in [0.1, 0.15) is 6.17 Å². The van der Waals surface area contributed by atoms with Crippen LogP contribution in [-0.2, 0) is 0 Å². The summed E-state index contributed by atoms with van der Waals surface area (Å²) in [5.74, 6) is 4.19. The zero-order valence-corrected chi connectivity index (χ0v) is 18.3. The minimum Gasteiger partial charge on any atom is -0.392 e. The second kappa shape index (κ2) is 8.89. The first kappa shape index (κ1) is 21.1. The minimum absolute atomic E-state index is 0.247. The average Bonchev–Trinajstić information content (AvgIpc) is 3.13. The molecule has 2 aliphatic carbocycles. The van der Waals surface area contributed by atoms with E-state index in [4.69, 9.17) is 0 Å². The van der Waals surface area contributed by atoms with E-state index >= 15 is 0 Å². The van der Waals surface area contributed by atoms with Gasteiger partial charge in [0, 0.05) is 19.1 Å². The van der Waals surface area contributed by atoms with Crippen molar-refractivity contribution in [3.8, 4) is 0 Å². The number of alkyl halides is 1. The fourth-order valence-corrected chi connectivity index (χ4v) is 7.65. The summed E-state index contributed by atoms with van der Waals surface area (Å²) in [6, 6.07) is 0.277. The number of hydrogen-bond donors (Lipinski definition) is 2. The van der Waals surface area contributed by atoms with Crippen LogP contribution in [0.25, 0.3) is 0 Å². The third-order valence-corrected chi connectivity index (χ3v) is 9.13. The first-order valence-corrected chi connectivity index (χ1v) is 12.3. The Kier molecular flexibility index (Phi) is 6.69. The van der Waals surface area contributed by atoms with Crippen LogP contribution < -0.4 is 5.32 Å². The van der Waals surface area contributed by atoms with E-state index in [-0.39, 0.29) is 18.1 Å². The van der Waals surface area contributed by atoms with Gasteiger partial charge >= 0.3 is 0 Å². The standard InChI is InChI=1S/C24H43FN2O/c1-4-17-6-5-7-20(24(17)18-8-10-21(25)15(2)12-18)19-9-11-23-26-13-22(16(3)28)27(23)14-19/h15-24,26,28H,4-14H2,1-3H3. The number of aliphatic hydroxyl groups excluding tert-OH is 1. The van der Waals surface area contributed by atoms with Crippen LogP contribution in [0, 0.1) is 35.5 Å². The highest BCUT2D eigenvalue weighted by molar-refractivity contribution is 4.99. The average molecular weight is 395 g/mol. The summed E-state index contributed by atoms with van der Waals surface area (Å²) in [6.45, 7) is 8.56. The van der Waals surface area contributed by atoms with Crippen molar-refractivity contribution in [3.63, 3.8) is 0 Å². The SMILES string of the molecule is CCC1CCCC(C2CCC3NCC(C(C)O)N3C2)C1C1CCC(F)C(C)C1. The summed E-state index contributed by atoms with van der Waals surface area (Å²) in [7, 11) is 0. The number of halogens is 1. The first-order chi connectivity index (χ1) is 13.5. The monoisotopic (exact) mass is 394 g/mol. The van der Waals surface area contributed by atoms with Gasteiger partial charge in [-0.15, -0.1) is 0 Å². The minimum atomic E-state index is -0.573. The van der Waals surface area contributed by atoms with Gasteiger partial charge in [-0.2, -0.15) is 0 Å². The van der Waals surface area contributed by atoms with Crippen LogP contribution in [0.1, 0.15) is 78.6 Å². The van der Waals surface area contributed by atoms with E-state index in [9.17, 15) is 9.50 Å². The fraction of sp³-hybridized carbons (Fsp3) is 1.00. The lowest BCUT2D eigenvalue weighted by atomic mass is 9.57. The van der Waals surface area contributed by atoms with Crippen LogP contribution in [0.15, 0.2) is 0 Å². The summed E-state index contributed by atoms with van der Waals surface area (Å²) < 4.78 is 14.2. The van der Waals surface area contributed by atoms with Crippen LogP contribution in [-0.4, -0.2) is 47.6 Å². The summed E-state index contributed by atoms with van der Waals surface area (Å²) in [4.78, 5) is 2.59. The lowest BCUT2D eigenvalue weighted by Gasteiger charge is -2.51. The van der Waals surface area contributed by atoms with Crippen LogP contribution >= 0.6 is 0 Å². The fourth-order valence-electron chi connectivity index (χ4n) is 7.65. The molecule has 0 spiro atoms. The molecule has 0 bridgehead atoms. The lowest BCUT2D eigenvalue weighted by Crippen LogP contribution is -2.52. The van der Waals surface area contributed by atoms with Gasteiger partial charge < -0.3 is 10.4 Å². The van der Waals surface area contributed by atoms with Crippen molar-refractivity contribution in [2.45, 2.75) is 103 Å². The van der Waals surface area contributed by atoms with Crippen LogP contribution in [0.5, 0.6) is 0 Å². The van der Waals surface area contributed by atoms with Gasteiger partial charge in [-0.1, -0.05) is 33.1 Å². The molecule has 0 aromatic carbocycles. The summed E-state index contributed by atoms with van der Waals surface area (Å²) in [5.41, 5.74) is 0. The summed E-state index contributed by atoms with van der Waals surface area (Å²) in [6.07, 6.45) is 10.6. The predicted molar refractivity (Wildman–Crippen MR) is 113 cm³/mol. The first-order valence-electron chi connectivity index (χ1n) is 12.3. The van der Waals surface area contributed by atoms with E-state index in [0.717, 1.165) is 61.9 Å². The number of aliphatic hydroxyl groups is 1. The molecule has 0 radical (unpaired) electrons. The van der Waals surface area contributed by atoms with E-state index in [2.05, 4.69) is 24.1 Å². The molecule has 4 rings (SSSR count). The molecule has 10 atom stereocenters. The van der Waals surface area contributed by atoms with Crippen molar-refractivity contribution in [3.05, 3.63) is 0 Å². The molecule has 28 heavy (non-hydrogen) atoms. The Bertz CT molecular complexity index is 515. The van der Waals surface area contributed by atoms with E-state index in [1.54, 1.807) is 0 Å². The maximum atomic E-state index is 14.2. The molecule has 2 heterocycles. The van der Waals surface area contributed by atoms with E-state index in [0.29, 0.717) is 6.17 Å². The highest BCUT2D eigenvalue weighted by Crippen LogP contribution is 2.51. The zero-order valence-electron chi connectivity index (χ0n) is 18.3. The lowest BCUT2D eigenvalue weighted by molar-refractivity contribution is -0.0310. The highest BCUT2D eigenvalue weighted by atomic mass is 19.1. The molecule has 2 N–H and O–H groups in total. The van der Waals surface area contributed by atoms with Gasteiger partial charge in [0.15, 0.2) is 0 Å². The van der Waals surface area contributed by atoms with Crippen molar-refractivity contribution in [2.75, 3.05) is 13.1 Å². The van der Waals surface area contributed by atoms with Crippen molar-refractivity contribution >= 4 is 0 Å². The molecule has 162 valence electrons. The number of piperidine rings is 1. The van der Waals surface area contributed by atoms with Gasteiger partial charge in [-0.25, -0.2) is 4.39 Å². The van der Waals surface area contributed by atoms with Gasteiger partial charge in [0.25, 0.3) is 0 Å². The normalized spacial score (nSPS) is 49.0. The Balaban J connectivity index is 1.51. The number of rotatable bonds is 4. The largest absolute Gasteiger partial charge is 0.392 e. The number of fused-ring (bicyclic) bond motifs is 1. The molecule has 4 aliphatic rings. The summed E-state index contributed by atoms with van der Waals surface area (Å²) in [5, 5.41) is 13.9. The highest BCUT2D eigenvalue weighted by Gasteiger charge is 2.47.